The number of hydrogen-bond donors (Lipinski definition) is 1. The zero-order valence-corrected chi connectivity index (χ0v) is 15.4. The summed E-state index contributed by atoms with van der Waals surface area (Å²) in [6, 6.07) is 10.7. The highest BCUT2D eigenvalue weighted by molar-refractivity contribution is 5.93. The van der Waals surface area contributed by atoms with Crippen molar-refractivity contribution in [3.05, 3.63) is 53.8 Å². The molecule has 0 unspecified atom stereocenters. The first kappa shape index (κ1) is 17.9. The lowest BCUT2D eigenvalue weighted by Gasteiger charge is -2.22. The quantitative estimate of drug-likeness (QED) is 0.540. The number of aromatic nitrogens is 2. The highest BCUT2D eigenvalue weighted by Gasteiger charge is 2.19. The van der Waals surface area contributed by atoms with E-state index in [2.05, 4.69) is 0 Å². The van der Waals surface area contributed by atoms with E-state index in [0.29, 0.717) is 52.4 Å². The lowest BCUT2D eigenvalue weighted by molar-refractivity contribution is 0.0697. The van der Waals surface area contributed by atoms with Crippen LogP contribution in [0.15, 0.2) is 46.9 Å². The van der Waals surface area contributed by atoms with Crippen molar-refractivity contribution in [2.75, 3.05) is 18.0 Å². The van der Waals surface area contributed by atoms with Gasteiger partial charge in [-0.3, -0.25) is 0 Å². The molecule has 0 aliphatic rings. The molecule has 0 spiro atoms. The van der Waals surface area contributed by atoms with Gasteiger partial charge < -0.3 is 14.4 Å². The molecule has 0 saturated heterocycles. The monoisotopic (exact) mass is 379 g/mol. The fraction of sp³-hybridized carbons (Fsp3) is 0.190. The Balaban J connectivity index is 1.97. The van der Waals surface area contributed by atoms with Crippen molar-refractivity contribution >= 4 is 33.8 Å². The second-order valence-electron chi connectivity index (χ2n) is 6.37. The van der Waals surface area contributed by atoms with Gasteiger partial charge in [-0.2, -0.15) is 0 Å². The van der Waals surface area contributed by atoms with Gasteiger partial charge in [-0.1, -0.05) is 0 Å². The predicted molar refractivity (Wildman–Crippen MR) is 105 cm³/mol. The van der Waals surface area contributed by atoms with Gasteiger partial charge >= 0.3 is 5.97 Å². The molecular weight excluding hydrogens is 361 g/mol. The molecule has 4 rings (SSSR count). The van der Waals surface area contributed by atoms with Crippen molar-refractivity contribution in [1.29, 1.82) is 0 Å². The normalized spacial score (nSPS) is 11.2. The maximum atomic E-state index is 13.6. The molecule has 142 valence electrons. The number of hydrogen-bond acceptors (Lipinski definition) is 5. The third kappa shape index (κ3) is 3.05. The standard InChI is InChI=1S/C21H18FN3O3/c1-3-25(4-2)20-19(18-11-13-9-14(22)6-8-17(13)28-18)23-15-7-5-12(21(26)27)10-16(15)24-20/h5-11H,3-4H2,1-2H3,(H,26,27). The number of halogens is 1. The van der Waals surface area contributed by atoms with Gasteiger partial charge in [0.2, 0.25) is 0 Å². The minimum Gasteiger partial charge on any atom is -0.478 e. The largest absolute Gasteiger partial charge is 0.478 e. The Morgan fingerprint density at radius 3 is 2.57 bits per heavy atom. The van der Waals surface area contributed by atoms with Crippen LogP contribution in [0, 0.1) is 5.82 Å². The topological polar surface area (TPSA) is 79.5 Å². The lowest BCUT2D eigenvalue weighted by atomic mass is 10.1. The summed E-state index contributed by atoms with van der Waals surface area (Å²) in [5.74, 6) is -0.273. The molecule has 0 amide bonds. The van der Waals surface area contributed by atoms with Gasteiger partial charge in [0.25, 0.3) is 0 Å². The van der Waals surface area contributed by atoms with Gasteiger partial charge in [0.05, 0.1) is 16.6 Å². The number of benzene rings is 2. The Morgan fingerprint density at radius 1 is 1.07 bits per heavy atom. The number of carboxylic acid groups (broad SMARTS) is 1. The molecule has 4 aromatic rings. The fourth-order valence-electron chi connectivity index (χ4n) is 3.22. The van der Waals surface area contributed by atoms with Crippen molar-refractivity contribution < 1.29 is 18.7 Å². The Hall–Kier alpha value is -3.48. The first-order valence-electron chi connectivity index (χ1n) is 8.99. The summed E-state index contributed by atoms with van der Waals surface area (Å²) in [6.07, 6.45) is 0. The number of carbonyl (C=O) groups is 1. The second-order valence-corrected chi connectivity index (χ2v) is 6.37. The van der Waals surface area contributed by atoms with Crippen molar-refractivity contribution in [2.45, 2.75) is 13.8 Å². The minimum absolute atomic E-state index is 0.152. The van der Waals surface area contributed by atoms with Crippen molar-refractivity contribution in [1.82, 2.24) is 9.97 Å². The number of aromatic carboxylic acids is 1. The van der Waals surface area contributed by atoms with E-state index < -0.39 is 5.97 Å². The van der Waals surface area contributed by atoms with Crippen LogP contribution in [-0.4, -0.2) is 34.1 Å². The molecule has 0 aliphatic heterocycles. The Morgan fingerprint density at radius 2 is 1.86 bits per heavy atom. The van der Waals surface area contributed by atoms with Gasteiger partial charge in [0, 0.05) is 18.5 Å². The Kier molecular flexibility index (Phi) is 4.43. The molecule has 0 aliphatic carbocycles. The summed E-state index contributed by atoms with van der Waals surface area (Å²) in [7, 11) is 0. The summed E-state index contributed by atoms with van der Waals surface area (Å²) >= 11 is 0. The molecule has 0 bridgehead atoms. The smallest absolute Gasteiger partial charge is 0.335 e. The molecule has 0 radical (unpaired) electrons. The van der Waals surface area contributed by atoms with E-state index in [1.165, 1.54) is 24.3 Å². The summed E-state index contributed by atoms with van der Waals surface area (Å²) < 4.78 is 19.5. The second kappa shape index (κ2) is 6.92. The SMILES string of the molecule is CCN(CC)c1nc2cc(C(=O)O)ccc2nc1-c1cc2cc(F)ccc2o1. The van der Waals surface area contributed by atoms with Gasteiger partial charge in [0.1, 0.15) is 17.1 Å². The average molecular weight is 379 g/mol. The van der Waals surface area contributed by atoms with E-state index in [0.717, 1.165) is 0 Å². The van der Waals surface area contributed by atoms with Crippen LogP contribution in [0.25, 0.3) is 33.5 Å². The number of furan rings is 1. The van der Waals surface area contributed by atoms with Crippen LogP contribution in [0.5, 0.6) is 0 Å². The third-order valence-electron chi connectivity index (χ3n) is 4.67. The molecule has 28 heavy (non-hydrogen) atoms. The predicted octanol–water partition coefficient (Wildman–Crippen LogP) is 4.73. The zero-order chi connectivity index (χ0) is 19.8. The van der Waals surface area contributed by atoms with E-state index in [1.807, 2.05) is 18.7 Å². The highest BCUT2D eigenvalue weighted by atomic mass is 19.1. The summed E-state index contributed by atoms with van der Waals surface area (Å²) in [4.78, 5) is 22.7. The van der Waals surface area contributed by atoms with E-state index in [4.69, 9.17) is 14.4 Å². The van der Waals surface area contributed by atoms with Crippen LogP contribution in [0.3, 0.4) is 0 Å². The summed E-state index contributed by atoms with van der Waals surface area (Å²) in [5, 5.41) is 9.89. The maximum Gasteiger partial charge on any atom is 0.335 e. The fourth-order valence-corrected chi connectivity index (χ4v) is 3.22. The van der Waals surface area contributed by atoms with Crippen molar-refractivity contribution in [3.63, 3.8) is 0 Å². The van der Waals surface area contributed by atoms with E-state index in [-0.39, 0.29) is 11.4 Å². The van der Waals surface area contributed by atoms with E-state index in [1.54, 1.807) is 18.2 Å². The van der Waals surface area contributed by atoms with Crippen LogP contribution < -0.4 is 4.90 Å². The molecule has 6 nitrogen and oxygen atoms in total. The van der Waals surface area contributed by atoms with Crippen LogP contribution in [0.2, 0.25) is 0 Å². The maximum absolute atomic E-state index is 13.6. The van der Waals surface area contributed by atoms with Crippen LogP contribution in [0.4, 0.5) is 10.2 Å². The highest BCUT2D eigenvalue weighted by Crippen LogP contribution is 2.34. The summed E-state index contributed by atoms with van der Waals surface area (Å²) in [6.45, 7) is 5.38. The summed E-state index contributed by atoms with van der Waals surface area (Å²) in [5.41, 5.74) is 2.30. The molecule has 0 saturated carbocycles. The number of fused-ring (bicyclic) bond motifs is 2. The molecule has 7 heteroatoms. The molecule has 0 atom stereocenters. The molecule has 2 heterocycles. The number of carboxylic acids is 1. The van der Waals surface area contributed by atoms with Gasteiger partial charge in [0.15, 0.2) is 11.6 Å². The Bertz CT molecular complexity index is 1200. The van der Waals surface area contributed by atoms with Crippen molar-refractivity contribution in [3.8, 4) is 11.5 Å². The molecule has 2 aromatic heterocycles. The number of nitrogens with zero attached hydrogens (tertiary/aromatic N) is 3. The molecule has 2 aromatic carbocycles. The number of rotatable bonds is 5. The van der Waals surface area contributed by atoms with Crippen LogP contribution in [-0.2, 0) is 0 Å². The van der Waals surface area contributed by atoms with Gasteiger partial charge in [-0.15, -0.1) is 0 Å². The zero-order valence-electron chi connectivity index (χ0n) is 15.4. The first-order chi connectivity index (χ1) is 13.5. The van der Waals surface area contributed by atoms with Crippen LogP contribution in [0.1, 0.15) is 24.2 Å². The first-order valence-corrected chi connectivity index (χ1v) is 8.99. The lowest BCUT2D eigenvalue weighted by Crippen LogP contribution is -2.24. The molecule has 1 N–H and O–H groups in total. The molecule has 0 fully saturated rings. The van der Waals surface area contributed by atoms with Gasteiger partial charge in [-0.25, -0.2) is 19.2 Å². The van der Waals surface area contributed by atoms with Gasteiger partial charge in [-0.05, 0) is 56.3 Å². The number of anilines is 1. The van der Waals surface area contributed by atoms with E-state index in [9.17, 15) is 14.3 Å². The Labute approximate surface area is 160 Å². The third-order valence-corrected chi connectivity index (χ3v) is 4.67. The average Bonchev–Trinajstić information content (AvgIpc) is 3.10. The van der Waals surface area contributed by atoms with Crippen LogP contribution >= 0.6 is 0 Å². The van der Waals surface area contributed by atoms with Crippen molar-refractivity contribution in [2.24, 2.45) is 0 Å². The molecular formula is C21H18FN3O3. The van der Waals surface area contributed by atoms with E-state index >= 15 is 0 Å². The minimum atomic E-state index is -1.02.